The normalized spacial score (nSPS) is 10.4. The third-order valence-electron chi connectivity index (χ3n) is 3.15. The lowest BCUT2D eigenvalue weighted by atomic mass is 10.1. The fourth-order valence-electron chi connectivity index (χ4n) is 1.94. The number of pyridine rings is 1. The largest absolute Gasteiger partial charge is 0.269 e. The van der Waals surface area contributed by atoms with E-state index in [1.54, 1.807) is 36.3 Å². The molecule has 0 amide bonds. The first-order valence-electron chi connectivity index (χ1n) is 6.82. The Kier molecular flexibility index (Phi) is 4.58. The van der Waals surface area contributed by atoms with Crippen LogP contribution in [0.25, 0.3) is 11.3 Å². The van der Waals surface area contributed by atoms with Crippen molar-refractivity contribution >= 4 is 17.4 Å². The number of thioether (sulfide) groups is 1. The minimum atomic E-state index is -0.422. The first kappa shape index (κ1) is 15.1. The van der Waals surface area contributed by atoms with Crippen LogP contribution in [-0.4, -0.2) is 20.1 Å². The molecule has 0 bridgehead atoms. The second kappa shape index (κ2) is 6.97. The van der Waals surface area contributed by atoms with Gasteiger partial charge >= 0.3 is 0 Å². The molecule has 0 aliphatic heterocycles. The highest BCUT2D eigenvalue weighted by molar-refractivity contribution is 7.98. The fourth-order valence-corrected chi connectivity index (χ4v) is 2.71. The zero-order valence-electron chi connectivity index (χ0n) is 12.0. The molecular formula is C16H12N4O2S. The predicted molar refractivity (Wildman–Crippen MR) is 87.9 cm³/mol. The minimum absolute atomic E-state index is 0.0613. The maximum absolute atomic E-state index is 10.7. The zero-order valence-corrected chi connectivity index (χ0v) is 12.8. The van der Waals surface area contributed by atoms with Gasteiger partial charge in [0.05, 0.1) is 10.6 Å². The van der Waals surface area contributed by atoms with Gasteiger partial charge in [-0.1, -0.05) is 11.8 Å². The molecule has 0 saturated carbocycles. The molecule has 0 atom stereocenters. The van der Waals surface area contributed by atoms with Crippen LogP contribution in [-0.2, 0) is 5.75 Å². The van der Waals surface area contributed by atoms with Gasteiger partial charge in [0, 0.05) is 35.8 Å². The molecule has 114 valence electrons. The fraction of sp³-hybridized carbons (Fsp3) is 0.0625. The van der Waals surface area contributed by atoms with Crippen LogP contribution in [0.4, 0.5) is 5.69 Å². The first-order chi connectivity index (χ1) is 11.2. The van der Waals surface area contributed by atoms with Crippen molar-refractivity contribution in [3.05, 3.63) is 76.6 Å². The summed E-state index contributed by atoms with van der Waals surface area (Å²) in [6.07, 6.45) is 3.53. The van der Waals surface area contributed by atoms with Gasteiger partial charge in [0.25, 0.3) is 5.69 Å². The van der Waals surface area contributed by atoms with Crippen molar-refractivity contribution in [1.29, 1.82) is 0 Å². The van der Waals surface area contributed by atoms with Crippen LogP contribution in [0.5, 0.6) is 0 Å². The third-order valence-corrected chi connectivity index (χ3v) is 4.14. The standard InChI is InChI=1S/C16H12N4O2S/c21-20(22)14-3-1-13(2-4-14)15-5-6-16(19-18-15)23-11-12-7-9-17-10-8-12/h1-10H,11H2. The van der Waals surface area contributed by atoms with Gasteiger partial charge in [-0.2, -0.15) is 0 Å². The Labute approximate surface area is 136 Å². The molecule has 7 heteroatoms. The number of hydrogen-bond donors (Lipinski definition) is 0. The Bertz CT molecular complexity index is 793. The number of nitro groups is 1. The highest BCUT2D eigenvalue weighted by Crippen LogP contribution is 2.23. The smallest absolute Gasteiger partial charge is 0.265 e. The summed E-state index contributed by atoms with van der Waals surface area (Å²) in [7, 11) is 0. The van der Waals surface area contributed by atoms with E-state index in [0.29, 0.717) is 5.69 Å². The van der Waals surface area contributed by atoms with Gasteiger partial charge < -0.3 is 0 Å². The van der Waals surface area contributed by atoms with E-state index in [-0.39, 0.29) is 5.69 Å². The summed E-state index contributed by atoms with van der Waals surface area (Å²) in [5, 5.41) is 19.9. The lowest BCUT2D eigenvalue weighted by Crippen LogP contribution is -1.91. The van der Waals surface area contributed by atoms with E-state index in [1.807, 2.05) is 24.3 Å². The monoisotopic (exact) mass is 324 g/mol. The molecule has 0 unspecified atom stereocenters. The van der Waals surface area contributed by atoms with Crippen LogP contribution in [0.3, 0.4) is 0 Å². The van der Waals surface area contributed by atoms with Gasteiger partial charge in [0.15, 0.2) is 0 Å². The SMILES string of the molecule is O=[N+]([O-])c1ccc(-c2ccc(SCc3ccncc3)nn2)cc1. The van der Waals surface area contributed by atoms with Gasteiger partial charge in [-0.3, -0.25) is 15.1 Å². The van der Waals surface area contributed by atoms with Crippen molar-refractivity contribution in [1.82, 2.24) is 15.2 Å². The molecule has 23 heavy (non-hydrogen) atoms. The van der Waals surface area contributed by atoms with Crippen molar-refractivity contribution in [2.45, 2.75) is 10.8 Å². The number of aromatic nitrogens is 3. The number of benzene rings is 1. The van der Waals surface area contributed by atoms with Gasteiger partial charge in [-0.15, -0.1) is 10.2 Å². The highest BCUT2D eigenvalue weighted by Gasteiger charge is 2.07. The summed E-state index contributed by atoms with van der Waals surface area (Å²) < 4.78 is 0. The molecule has 2 heterocycles. The lowest BCUT2D eigenvalue weighted by molar-refractivity contribution is -0.384. The number of nitro benzene ring substituents is 1. The van der Waals surface area contributed by atoms with E-state index in [1.165, 1.54) is 17.7 Å². The Morgan fingerprint density at radius 2 is 1.70 bits per heavy atom. The first-order valence-corrected chi connectivity index (χ1v) is 7.81. The van der Waals surface area contributed by atoms with Crippen molar-refractivity contribution in [2.24, 2.45) is 0 Å². The van der Waals surface area contributed by atoms with E-state index < -0.39 is 4.92 Å². The van der Waals surface area contributed by atoms with Crippen LogP contribution in [0.2, 0.25) is 0 Å². The molecule has 2 aromatic heterocycles. The molecule has 3 aromatic rings. The van der Waals surface area contributed by atoms with E-state index in [4.69, 9.17) is 0 Å². The second-order valence-corrected chi connectivity index (χ2v) is 5.70. The summed E-state index contributed by atoms with van der Waals surface area (Å²) >= 11 is 1.59. The van der Waals surface area contributed by atoms with Gasteiger partial charge in [0.1, 0.15) is 5.03 Å². The molecule has 0 fully saturated rings. The summed E-state index contributed by atoms with van der Waals surface area (Å²) in [4.78, 5) is 14.2. The van der Waals surface area contributed by atoms with Crippen LogP contribution < -0.4 is 0 Å². The van der Waals surface area contributed by atoms with Crippen molar-refractivity contribution in [3.8, 4) is 11.3 Å². The highest BCUT2D eigenvalue weighted by atomic mass is 32.2. The molecule has 6 nitrogen and oxygen atoms in total. The minimum Gasteiger partial charge on any atom is -0.265 e. The molecule has 0 spiro atoms. The van der Waals surface area contributed by atoms with Gasteiger partial charge in [0.2, 0.25) is 0 Å². The van der Waals surface area contributed by atoms with Crippen LogP contribution >= 0.6 is 11.8 Å². The van der Waals surface area contributed by atoms with Crippen LogP contribution in [0, 0.1) is 10.1 Å². The molecule has 3 rings (SSSR count). The van der Waals surface area contributed by atoms with Gasteiger partial charge in [-0.25, -0.2) is 0 Å². The van der Waals surface area contributed by atoms with Crippen LogP contribution in [0.15, 0.2) is 66.0 Å². The number of nitrogens with zero attached hydrogens (tertiary/aromatic N) is 4. The summed E-state index contributed by atoms with van der Waals surface area (Å²) in [5.74, 6) is 0.800. The van der Waals surface area contributed by atoms with Crippen molar-refractivity contribution < 1.29 is 4.92 Å². The summed E-state index contributed by atoms with van der Waals surface area (Å²) in [6.45, 7) is 0. The van der Waals surface area contributed by atoms with Gasteiger partial charge in [-0.05, 0) is 42.0 Å². The Morgan fingerprint density at radius 3 is 2.30 bits per heavy atom. The second-order valence-electron chi connectivity index (χ2n) is 4.70. The molecule has 1 aromatic carbocycles. The lowest BCUT2D eigenvalue weighted by Gasteiger charge is -2.03. The maximum Gasteiger partial charge on any atom is 0.269 e. The van der Waals surface area contributed by atoms with Crippen molar-refractivity contribution in [3.63, 3.8) is 0 Å². The van der Waals surface area contributed by atoms with Crippen LogP contribution in [0.1, 0.15) is 5.56 Å². The Balaban J connectivity index is 1.68. The topological polar surface area (TPSA) is 81.8 Å². The molecule has 0 radical (unpaired) electrons. The number of hydrogen-bond acceptors (Lipinski definition) is 6. The molecule has 0 aliphatic rings. The quantitative estimate of drug-likeness (QED) is 0.404. The van der Waals surface area contributed by atoms with Crippen molar-refractivity contribution in [2.75, 3.05) is 0 Å². The van der Waals surface area contributed by atoms with E-state index >= 15 is 0 Å². The number of rotatable bonds is 5. The van der Waals surface area contributed by atoms with E-state index in [0.717, 1.165) is 16.3 Å². The predicted octanol–water partition coefficient (Wildman–Crippen LogP) is 3.74. The maximum atomic E-state index is 10.7. The molecular weight excluding hydrogens is 312 g/mol. The van der Waals surface area contributed by atoms with E-state index in [9.17, 15) is 10.1 Å². The number of non-ortho nitro benzene ring substituents is 1. The molecule has 0 N–H and O–H groups in total. The summed E-state index contributed by atoms with van der Waals surface area (Å²) in [6, 6.07) is 14.0. The summed E-state index contributed by atoms with van der Waals surface area (Å²) in [5.41, 5.74) is 2.72. The zero-order chi connectivity index (χ0) is 16.1. The Morgan fingerprint density at radius 1 is 0.957 bits per heavy atom. The molecule has 0 saturated heterocycles. The average Bonchev–Trinajstić information content (AvgIpc) is 2.61. The Hall–Kier alpha value is -2.80. The third kappa shape index (κ3) is 3.89. The molecule has 0 aliphatic carbocycles. The van der Waals surface area contributed by atoms with E-state index in [2.05, 4.69) is 15.2 Å². The average molecular weight is 324 g/mol.